The molecule has 0 aliphatic heterocycles. The highest BCUT2D eigenvalue weighted by atomic mass is 32.2. The second-order valence-electron chi connectivity index (χ2n) is 5.19. The average Bonchev–Trinajstić information content (AvgIpc) is 3.21. The summed E-state index contributed by atoms with van der Waals surface area (Å²) in [7, 11) is -1.62. The number of benzene rings is 1. The van der Waals surface area contributed by atoms with Crippen molar-refractivity contribution in [2.45, 2.75) is 30.2 Å². The normalized spacial score (nSPS) is 15.4. The largest absolute Gasteiger partial charge is 0.316 e. The second-order valence-corrected chi connectivity index (χ2v) is 7.01. The number of nitrogens with zero attached hydrogens (tertiary/aromatic N) is 1. The van der Waals surface area contributed by atoms with Crippen molar-refractivity contribution in [1.82, 2.24) is 9.29 Å². The lowest BCUT2D eigenvalue weighted by molar-refractivity contribution is 0.585. The van der Waals surface area contributed by atoms with Gasteiger partial charge < -0.3 is 5.32 Å². The third-order valence-corrected chi connectivity index (χ3v) is 5.25. The van der Waals surface area contributed by atoms with Crippen molar-refractivity contribution in [2.75, 3.05) is 7.05 Å². The highest BCUT2D eigenvalue weighted by molar-refractivity contribution is 7.90. The highest BCUT2D eigenvalue weighted by Gasteiger charge is 2.31. The summed E-state index contributed by atoms with van der Waals surface area (Å²) in [6.45, 7) is 0.678. The van der Waals surface area contributed by atoms with Gasteiger partial charge in [-0.15, -0.1) is 0 Å². The Labute approximate surface area is 119 Å². The molecule has 2 aromatic rings. The Morgan fingerprint density at radius 1 is 1.25 bits per heavy atom. The molecule has 1 aromatic carbocycles. The van der Waals surface area contributed by atoms with Gasteiger partial charge in [0.15, 0.2) is 0 Å². The van der Waals surface area contributed by atoms with E-state index in [0.717, 1.165) is 24.1 Å². The molecule has 1 fully saturated rings. The van der Waals surface area contributed by atoms with Crippen LogP contribution < -0.4 is 5.32 Å². The molecule has 0 unspecified atom stereocenters. The maximum atomic E-state index is 12.7. The summed E-state index contributed by atoms with van der Waals surface area (Å²) in [6.07, 6.45) is 3.90. The van der Waals surface area contributed by atoms with Crippen LogP contribution in [0.3, 0.4) is 0 Å². The molecule has 0 spiro atoms. The molecule has 0 bridgehead atoms. The highest BCUT2D eigenvalue weighted by Crippen LogP contribution is 2.41. The van der Waals surface area contributed by atoms with Gasteiger partial charge in [0.2, 0.25) is 0 Å². The van der Waals surface area contributed by atoms with Gasteiger partial charge in [-0.2, -0.15) is 0 Å². The molecule has 4 nitrogen and oxygen atoms in total. The van der Waals surface area contributed by atoms with E-state index in [1.807, 2.05) is 19.2 Å². The van der Waals surface area contributed by atoms with Gasteiger partial charge in [0.05, 0.1) is 4.90 Å². The van der Waals surface area contributed by atoms with Crippen molar-refractivity contribution in [1.29, 1.82) is 0 Å². The Bertz CT molecular complexity index is 701. The van der Waals surface area contributed by atoms with E-state index in [9.17, 15) is 8.42 Å². The SMILES string of the molecule is CNCc1cc(C2CC2)n(S(=O)(=O)c2ccccc2)c1. The molecule has 0 atom stereocenters. The summed E-state index contributed by atoms with van der Waals surface area (Å²) in [5.74, 6) is 0.388. The van der Waals surface area contributed by atoms with E-state index in [0.29, 0.717) is 17.4 Å². The van der Waals surface area contributed by atoms with Crippen LogP contribution in [-0.2, 0) is 16.6 Å². The molecule has 0 amide bonds. The first-order valence-corrected chi connectivity index (χ1v) is 8.23. The average molecular weight is 290 g/mol. The van der Waals surface area contributed by atoms with E-state index < -0.39 is 10.0 Å². The molecule has 1 aliphatic rings. The third kappa shape index (κ3) is 2.39. The van der Waals surface area contributed by atoms with E-state index in [1.165, 1.54) is 3.97 Å². The monoisotopic (exact) mass is 290 g/mol. The quantitative estimate of drug-likeness (QED) is 0.919. The molecule has 1 aromatic heterocycles. The first-order valence-electron chi connectivity index (χ1n) is 6.79. The first-order chi connectivity index (χ1) is 9.63. The Kier molecular flexibility index (Phi) is 3.40. The van der Waals surface area contributed by atoms with Crippen LogP contribution in [0.25, 0.3) is 0 Å². The third-order valence-electron chi connectivity index (χ3n) is 3.55. The predicted molar refractivity (Wildman–Crippen MR) is 78.2 cm³/mol. The summed E-state index contributed by atoms with van der Waals surface area (Å²) in [5.41, 5.74) is 1.92. The summed E-state index contributed by atoms with van der Waals surface area (Å²) in [6, 6.07) is 10.6. The van der Waals surface area contributed by atoms with Gasteiger partial charge in [-0.25, -0.2) is 12.4 Å². The fourth-order valence-corrected chi connectivity index (χ4v) is 3.89. The lowest BCUT2D eigenvalue weighted by Crippen LogP contribution is -2.14. The molecule has 3 rings (SSSR count). The van der Waals surface area contributed by atoms with Crippen molar-refractivity contribution >= 4 is 10.0 Å². The zero-order chi connectivity index (χ0) is 14.2. The van der Waals surface area contributed by atoms with Crippen molar-refractivity contribution in [3.63, 3.8) is 0 Å². The number of nitrogens with one attached hydrogen (secondary N) is 1. The summed E-state index contributed by atoms with van der Waals surface area (Å²) >= 11 is 0. The Morgan fingerprint density at radius 2 is 1.95 bits per heavy atom. The van der Waals surface area contributed by atoms with Crippen molar-refractivity contribution in [3.8, 4) is 0 Å². The minimum absolute atomic E-state index is 0.341. The fourth-order valence-electron chi connectivity index (χ4n) is 2.41. The number of rotatable bonds is 5. The number of aromatic nitrogens is 1. The molecule has 1 saturated carbocycles. The van der Waals surface area contributed by atoms with Crippen LogP contribution in [0.15, 0.2) is 47.5 Å². The van der Waals surface area contributed by atoms with Gasteiger partial charge in [0.25, 0.3) is 10.0 Å². The van der Waals surface area contributed by atoms with Crippen molar-refractivity contribution in [3.05, 3.63) is 53.9 Å². The van der Waals surface area contributed by atoms with Gasteiger partial charge in [-0.3, -0.25) is 0 Å². The zero-order valence-electron chi connectivity index (χ0n) is 11.4. The minimum atomic E-state index is -3.48. The standard InChI is InChI=1S/C15H18N2O2S/c1-16-10-12-9-15(13-7-8-13)17(11-12)20(18,19)14-5-3-2-4-6-14/h2-6,9,11,13,16H,7-8,10H2,1H3. The Balaban J connectivity index is 2.08. The molecular formula is C15H18N2O2S. The topological polar surface area (TPSA) is 51.1 Å². The van der Waals surface area contributed by atoms with Gasteiger partial charge in [0.1, 0.15) is 0 Å². The summed E-state index contributed by atoms with van der Waals surface area (Å²) < 4.78 is 27.0. The lowest BCUT2D eigenvalue weighted by Gasteiger charge is -2.09. The van der Waals surface area contributed by atoms with Gasteiger partial charge in [0, 0.05) is 24.4 Å². The first kappa shape index (κ1) is 13.4. The predicted octanol–water partition coefficient (Wildman–Crippen LogP) is 2.32. The van der Waals surface area contributed by atoms with E-state index in [1.54, 1.807) is 30.5 Å². The van der Waals surface area contributed by atoms with Crippen LogP contribution in [0.1, 0.15) is 30.0 Å². The van der Waals surface area contributed by atoms with Crippen molar-refractivity contribution in [2.24, 2.45) is 0 Å². The van der Waals surface area contributed by atoms with Gasteiger partial charge in [-0.1, -0.05) is 18.2 Å². The van der Waals surface area contributed by atoms with Gasteiger partial charge in [-0.05, 0) is 43.7 Å². The van der Waals surface area contributed by atoms with E-state index >= 15 is 0 Å². The van der Waals surface area contributed by atoms with Crippen LogP contribution in [-0.4, -0.2) is 19.4 Å². The molecule has 1 N–H and O–H groups in total. The molecule has 106 valence electrons. The van der Waals surface area contributed by atoms with E-state index in [4.69, 9.17) is 0 Å². The molecule has 0 radical (unpaired) electrons. The number of hydrogen-bond acceptors (Lipinski definition) is 3. The smallest absolute Gasteiger partial charge is 0.267 e. The lowest BCUT2D eigenvalue weighted by atomic mass is 10.2. The maximum absolute atomic E-state index is 12.7. The molecule has 0 saturated heterocycles. The van der Waals surface area contributed by atoms with Crippen LogP contribution >= 0.6 is 0 Å². The van der Waals surface area contributed by atoms with Crippen LogP contribution in [0.5, 0.6) is 0 Å². The van der Waals surface area contributed by atoms with Crippen LogP contribution in [0.4, 0.5) is 0 Å². The fraction of sp³-hybridized carbons (Fsp3) is 0.333. The Morgan fingerprint density at radius 3 is 2.55 bits per heavy atom. The number of hydrogen-bond donors (Lipinski definition) is 1. The molecule has 5 heteroatoms. The van der Waals surface area contributed by atoms with Crippen LogP contribution in [0, 0.1) is 0 Å². The Hall–Kier alpha value is -1.59. The molecule has 1 heterocycles. The second kappa shape index (κ2) is 5.07. The zero-order valence-corrected chi connectivity index (χ0v) is 12.2. The molecule has 20 heavy (non-hydrogen) atoms. The maximum Gasteiger partial charge on any atom is 0.267 e. The molecular weight excluding hydrogens is 272 g/mol. The summed E-state index contributed by atoms with van der Waals surface area (Å²) in [4.78, 5) is 0.341. The van der Waals surface area contributed by atoms with Gasteiger partial charge >= 0.3 is 0 Å². The summed E-state index contributed by atoms with van der Waals surface area (Å²) in [5, 5.41) is 3.07. The van der Waals surface area contributed by atoms with E-state index in [-0.39, 0.29) is 0 Å². The van der Waals surface area contributed by atoms with E-state index in [2.05, 4.69) is 5.32 Å². The van der Waals surface area contributed by atoms with Crippen LogP contribution in [0.2, 0.25) is 0 Å². The minimum Gasteiger partial charge on any atom is -0.316 e. The molecule has 1 aliphatic carbocycles. The van der Waals surface area contributed by atoms with Crippen molar-refractivity contribution < 1.29 is 8.42 Å².